The Labute approximate surface area is 154 Å². The van der Waals surface area contributed by atoms with E-state index in [-0.39, 0.29) is 12.5 Å². The van der Waals surface area contributed by atoms with Gasteiger partial charge in [-0.3, -0.25) is 4.79 Å². The third-order valence-corrected chi connectivity index (χ3v) is 5.30. The number of aryl methyl sites for hydroxylation is 1. The Morgan fingerprint density at radius 3 is 2.60 bits per heavy atom. The van der Waals surface area contributed by atoms with Gasteiger partial charge in [-0.05, 0) is 43.3 Å². The summed E-state index contributed by atoms with van der Waals surface area (Å²) in [5.74, 6) is 1.23. The lowest BCUT2D eigenvalue weighted by molar-refractivity contribution is -0.123. The van der Waals surface area contributed by atoms with Crippen molar-refractivity contribution in [1.29, 1.82) is 0 Å². The molecule has 0 bridgehead atoms. The number of hydrogen-bond acceptors (Lipinski definition) is 6. The van der Waals surface area contributed by atoms with Crippen molar-refractivity contribution in [2.75, 3.05) is 13.7 Å². The molecule has 5 nitrogen and oxygen atoms in total. The molecule has 0 aliphatic heterocycles. The van der Waals surface area contributed by atoms with Gasteiger partial charge in [0.15, 0.2) is 6.61 Å². The predicted molar refractivity (Wildman–Crippen MR) is 100 cm³/mol. The summed E-state index contributed by atoms with van der Waals surface area (Å²) in [5.41, 5.74) is 0.993. The molecule has 0 saturated carbocycles. The molecule has 0 unspecified atom stereocenters. The van der Waals surface area contributed by atoms with E-state index in [1.807, 2.05) is 24.4 Å². The SMILES string of the molecule is COc1ccc(OCC(=O)NCc2ccc(-c3csc(C)n3)s2)cc1. The maximum Gasteiger partial charge on any atom is 0.258 e. The van der Waals surface area contributed by atoms with Crippen molar-refractivity contribution in [3.63, 3.8) is 0 Å². The van der Waals surface area contributed by atoms with Gasteiger partial charge in [0.25, 0.3) is 5.91 Å². The summed E-state index contributed by atoms with van der Waals surface area (Å²) in [4.78, 5) is 18.6. The van der Waals surface area contributed by atoms with Crippen LogP contribution in [0.2, 0.25) is 0 Å². The number of ether oxygens (including phenoxy) is 2. The number of benzene rings is 1. The molecule has 1 amide bonds. The highest BCUT2D eigenvalue weighted by Gasteiger charge is 2.08. The molecule has 7 heteroatoms. The second kappa shape index (κ2) is 8.13. The van der Waals surface area contributed by atoms with Crippen LogP contribution in [0.3, 0.4) is 0 Å². The molecule has 0 aliphatic carbocycles. The van der Waals surface area contributed by atoms with E-state index < -0.39 is 0 Å². The maximum atomic E-state index is 11.9. The second-order valence-electron chi connectivity index (χ2n) is 5.26. The van der Waals surface area contributed by atoms with E-state index in [0.717, 1.165) is 26.2 Å². The molecule has 0 fully saturated rings. The van der Waals surface area contributed by atoms with Crippen LogP contribution in [0.4, 0.5) is 0 Å². The van der Waals surface area contributed by atoms with E-state index in [4.69, 9.17) is 9.47 Å². The molecule has 25 heavy (non-hydrogen) atoms. The van der Waals surface area contributed by atoms with Gasteiger partial charge in [-0.15, -0.1) is 22.7 Å². The average molecular weight is 374 g/mol. The first-order valence-electron chi connectivity index (χ1n) is 7.69. The average Bonchev–Trinajstić information content (AvgIpc) is 3.27. The standard InChI is InChI=1S/C18H18N2O3S2/c1-12-20-16(11-24-12)17-8-7-15(25-17)9-19-18(21)10-23-14-5-3-13(22-2)4-6-14/h3-8,11H,9-10H2,1-2H3,(H,19,21). The van der Waals surface area contributed by atoms with Gasteiger partial charge in [0.05, 0.1) is 29.2 Å². The fourth-order valence-electron chi connectivity index (χ4n) is 2.14. The van der Waals surface area contributed by atoms with E-state index in [1.54, 1.807) is 54.0 Å². The molecule has 3 aromatic rings. The third kappa shape index (κ3) is 4.80. The van der Waals surface area contributed by atoms with Crippen LogP contribution >= 0.6 is 22.7 Å². The topological polar surface area (TPSA) is 60.5 Å². The van der Waals surface area contributed by atoms with Gasteiger partial charge >= 0.3 is 0 Å². The van der Waals surface area contributed by atoms with Crippen molar-refractivity contribution < 1.29 is 14.3 Å². The molecule has 0 atom stereocenters. The van der Waals surface area contributed by atoms with E-state index in [2.05, 4.69) is 10.3 Å². The highest BCUT2D eigenvalue weighted by molar-refractivity contribution is 7.16. The number of nitrogens with one attached hydrogen (secondary N) is 1. The minimum absolute atomic E-state index is 0.0180. The Hall–Kier alpha value is -2.38. The summed E-state index contributed by atoms with van der Waals surface area (Å²) in [5, 5.41) is 5.96. The Morgan fingerprint density at radius 2 is 1.92 bits per heavy atom. The molecule has 0 radical (unpaired) electrons. The molecule has 2 heterocycles. The quantitative estimate of drug-likeness (QED) is 0.682. The number of carbonyl (C=O) groups excluding carboxylic acids is 1. The predicted octanol–water partition coefficient (Wildman–Crippen LogP) is 3.88. The number of thiophene rings is 1. The lowest BCUT2D eigenvalue weighted by Gasteiger charge is -2.07. The van der Waals surface area contributed by atoms with Crippen molar-refractivity contribution in [3.8, 4) is 22.1 Å². The normalized spacial score (nSPS) is 10.5. The number of nitrogens with zero attached hydrogens (tertiary/aromatic N) is 1. The first kappa shape index (κ1) is 17.4. The molecule has 0 saturated heterocycles. The molecule has 2 aromatic heterocycles. The van der Waals surface area contributed by atoms with E-state index >= 15 is 0 Å². The van der Waals surface area contributed by atoms with Crippen LogP contribution in [-0.4, -0.2) is 24.6 Å². The Balaban J connectivity index is 1.46. The van der Waals surface area contributed by atoms with Gasteiger partial charge in [-0.1, -0.05) is 0 Å². The molecule has 3 rings (SSSR count). The van der Waals surface area contributed by atoms with Gasteiger partial charge in [0, 0.05) is 10.3 Å². The summed E-state index contributed by atoms with van der Waals surface area (Å²) < 4.78 is 10.5. The Bertz CT molecular complexity index is 840. The largest absolute Gasteiger partial charge is 0.497 e. The molecule has 0 spiro atoms. The van der Waals surface area contributed by atoms with Crippen molar-refractivity contribution in [3.05, 3.63) is 51.7 Å². The molecule has 1 aromatic carbocycles. The number of rotatable bonds is 7. The van der Waals surface area contributed by atoms with Crippen LogP contribution in [0.5, 0.6) is 11.5 Å². The van der Waals surface area contributed by atoms with Crippen molar-refractivity contribution in [2.24, 2.45) is 0 Å². The lowest BCUT2D eigenvalue weighted by Crippen LogP contribution is -2.28. The number of amides is 1. The van der Waals surface area contributed by atoms with Crippen LogP contribution in [-0.2, 0) is 11.3 Å². The number of aromatic nitrogens is 1. The molecule has 1 N–H and O–H groups in total. The molecule has 130 valence electrons. The van der Waals surface area contributed by atoms with Crippen molar-refractivity contribution in [1.82, 2.24) is 10.3 Å². The summed E-state index contributed by atoms with van der Waals surface area (Å²) in [7, 11) is 1.61. The van der Waals surface area contributed by atoms with Gasteiger partial charge < -0.3 is 14.8 Å². The van der Waals surface area contributed by atoms with E-state index in [0.29, 0.717) is 12.3 Å². The van der Waals surface area contributed by atoms with Gasteiger partial charge in [-0.2, -0.15) is 0 Å². The minimum Gasteiger partial charge on any atom is -0.497 e. The zero-order valence-corrected chi connectivity index (χ0v) is 15.6. The zero-order chi connectivity index (χ0) is 17.6. The summed E-state index contributed by atoms with van der Waals surface area (Å²) >= 11 is 3.27. The van der Waals surface area contributed by atoms with Gasteiger partial charge in [0.2, 0.25) is 0 Å². The van der Waals surface area contributed by atoms with Crippen LogP contribution in [0.15, 0.2) is 41.8 Å². The van der Waals surface area contributed by atoms with Crippen molar-refractivity contribution in [2.45, 2.75) is 13.5 Å². The van der Waals surface area contributed by atoms with Crippen LogP contribution in [0.25, 0.3) is 10.6 Å². The highest BCUT2D eigenvalue weighted by Crippen LogP contribution is 2.28. The Morgan fingerprint density at radius 1 is 1.16 bits per heavy atom. The van der Waals surface area contributed by atoms with Crippen LogP contribution in [0.1, 0.15) is 9.88 Å². The van der Waals surface area contributed by atoms with Gasteiger partial charge in [0.1, 0.15) is 11.5 Å². The molecular formula is C18H18N2O3S2. The van der Waals surface area contributed by atoms with Crippen LogP contribution in [0, 0.1) is 6.92 Å². The molecule has 0 aliphatic rings. The fraction of sp³-hybridized carbons (Fsp3) is 0.222. The maximum absolute atomic E-state index is 11.9. The zero-order valence-electron chi connectivity index (χ0n) is 13.9. The summed E-state index contributed by atoms with van der Waals surface area (Å²) in [6, 6.07) is 11.2. The molecular weight excluding hydrogens is 356 g/mol. The first-order valence-corrected chi connectivity index (χ1v) is 9.38. The number of thiazole rings is 1. The highest BCUT2D eigenvalue weighted by atomic mass is 32.1. The Kier molecular flexibility index (Phi) is 5.67. The van der Waals surface area contributed by atoms with Gasteiger partial charge in [-0.25, -0.2) is 4.98 Å². The minimum atomic E-state index is -0.157. The number of hydrogen-bond donors (Lipinski definition) is 1. The van der Waals surface area contributed by atoms with Crippen LogP contribution < -0.4 is 14.8 Å². The summed E-state index contributed by atoms with van der Waals surface area (Å²) in [6.07, 6.45) is 0. The van der Waals surface area contributed by atoms with E-state index in [9.17, 15) is 4.79 Å². The first-order chi connectivity index (χ1) is 12.1. The smallest absolute Gasteiger partial charge is 0.258 e. The number of carbonyl (C=O) groups is 1. The fourth-order valence-corrected chi connectivity index (χ4v) is 3.74. The lowest BCUT2D eigenvalue weighted by atomic mass is 10.3. The van der Waals surface area contributed by atoms with Crippen molar-refractivity contribution >= 4 is 28.6 Å². The summed E-state index contributed by atoms with van der Waals surface area (Å²) in [6.45, 7) is 2.46. The number of methoxy groups -OCH3 is 1. The monoisotopic (exact) mass is 374 g/mol. The second-order valence-corrected chi connectivity index (χ2v) is 7.49. The third-order valence-electron chi connectivity index (χ3n) is 3.42. The van der Waals surface area contributed by atoms with E-state index in [1.165, 1.54) is 0 Å².